The third-order valence-corrected chi connectivity index (χ3v) is 3.51. The molecule has 0 aliphatic rings. The van der Waals surface area contributed by atoms with E-state index in [1.165, 1.54) is 22.9 Å². The van der Waals surface area contributed by atoms with E-state index in [2.05, 4.69) is 10.3 Å². The van der Waals surface area contributed by atoms with Gasteiger partial charge < -0.3 is 10.5 Å². The Hall–Kier alpha value is -2.60. The zero-order valence-electron chi connectivity index (χ0n) is 11.6. The second-order valence-corrected chi connectivity index (χ2v) is 4.97. The molecule has 0 aliphatic heterocycles. The van der Waals surface area contributed by atoms with Gasteiger partial charge in [0.2, 0.25) is 0 Å². The van der Waals surface area contributed by atoms with E-state index in [0.29, 0.717) is 17.2 Å². The van der Waals surface area contributed by atoms with Crippen molar-refractivity contribution in [1.82, 2.24) is 15.0 Å². The van der Waals surface area contributed by atoms with Crippen molar-refractivity contribution in [1.29, 1.82) is 0 Å². The molecular formula is C15H12ClFN4O. The van der Waals surface area contributed by atoms with Crippen molar-refractivity contribution >= 4 is 17.4 Å². The van der Waals surface area contributed by atoms with Crippen LogP contribution in [0, 0.1) is 5.82 Å². The second kappa shape index (κ2) is 5.65. The summed E-state index contributed by atoms with van der Waals surface area (Å²) in [5.41, 5.74) is 7.88. The summed E-state index contributed by atoms with van der Waals surface area (Å²) in [6.07, 6.45) is 0. The highest BCUT2D eigenvalue weighted by molar-refractivity contribution is 6.32. The van der Waals surface area contributed by atoms with Crippen LogP contribution in [0.1, 0.15) is 0 Å². The van der Waals surface area contributed by atoms with Crippen molar-refractivity contribution in [3.8, 4) is 22.7 Å². The number of hydrogen-bond donors (Lipinski definition) is 1. The van der Waals surface area contributed by atoms with Crippen LogP contribution in [0.25, 0.3) is 16.9 Å². The van der Waals surface area contributed by atoms with E-state index in [-0.39, 0.29) is 5.02 Å². The molecule has 0 spiro atoms. The van der Waals surface area contributed by atoms with Gasteiger partial charge in [-0.05, 0) is 42.5 Å². The highest BCUT2D eigenvalue weighted by Gasteiger charge is 2.15. The Morgan fingerprint density at radius 3 is 2.55 bits per heavy atom. The van der Waals surface area contributed by atoms with E-state index >= 15 is 0 Å². The van der Waals surface area contributed by atoms with Crippen molar-refractivity contribution in [2.24, 2.45) is 0 Å². The first-order valence-electron chi connectivity index (χ1n) is 6.41. The molecule has 22 heavy (non-hydrogen) atoms. The number of aromatic nitrogens is 3. The SMILES string of the molecule is COc1ccc(-c2nnn(-c3ccc(F)cc3Cl)c2N)cc1. The average molecular weight is 319 g/mol. The van der Waals surface area contributed by atoms with Crippen LogP contribution in [0.2, 0.25) is 5.02 Å². The molecule has 0 aliphatic carbocycles. The molecule has 5 nitrogen and oxygen atoms in total. The Morgan fingerprint density at radius 2 is 1.91 bits per heavy atom. The van der Waals surface area contributed by atoms with Crippen LogP contribution in [0.15, 0.2) is 42.5 Å². The molecule has 0 atom stereocenters. The number of nitrogens with zero attached hydrogens (tertiary/aromatic N) is 3. The molecule has 7 heteroatoms. The number of hydrogen-bond acceptors (Lipinski definition) is 4. The van der Waals surface area contributed by atoms with Gasteiger partial charge in [-0.15, -0.1) is 5.10 Å². The fourth-order valence-corrected chi connectivity index (χ4v) is 2.32. The zero-order chi connectivity index (χ0) is 15.7. The highest BCUT2D eigenvalue weighted by atomic mass is 35.5. The minimum absolute atomic E-state index is 0.206. The number of benzene rings is 2. The summed E-state index contributed by atoms with van der Waals surface area (Å²) in [6, 6.07) is 11.3. The van der Waals surface area contributed by atoms with Crippen molar-refractivity contribution in [2.75, 3.05) is 12.8 Å². The molecule has 0 radical (unpaired) electrons. The lowest BCUT2D eigenvalue weighted by atomic mass is 10.1. The maximum Gasteiger partial charge on any atom is 0.155 e. The monoisotopic (exact) mass is 318 g/mol. The van der Waals surface area contributed by atoms with Crippen LogP contribution in [-0.2, 0) is 0 Å². The van der Waals surface area contributed by atoms with Crippen LogP contribution >= 0.6 is 11.6 Å². The number of anilines is 1. The Labute approximate surface area is 131 Å². The maximum atomic E-state index is 13.1. The van der Waals surface area contributed by atoms with E-state index in [4.69, 9.17) is 22.1 Å². The molecule has 0 amide bonds. The Morgan fingerprint density at radius 1 is 1.18 bits per heavy atom. The lowest BCUT2D eigenvalue weighted by Gasteiger charge is -2.06. The predicted octanol–water partition coefficient (Wildman–Crippen LogP) is 3.32. The van der Waals surface area contributed by atoms with Gasteiger partial charge in [-0.2, -0.15) is 4.68 Å². The van der Waals surface area contributed by atoms with Gasteiger partial charge in [0.1, 0.15) is 17.3 Å². The largest absolute Gasteiger partial charge is 0.497 e. The predicted molar refractivity (Wildman–Crippen MR) is 82.7 cm³/mol. The molecular weight excluding hydrogens is 307 g/mol. The number of nitrogen functional groups attached to an aromatic ring is 1. The van der Waals surface area contributed by atoms with E-state index in [9.17, 15) is 4.39 Å². The first-order valence-corrected chi connectivity index (χ1v) is 6.79. The fraction of sp³-hybridized carbons (Fsp3) is 0.0667. The Bertz CT molecular complexity index is 817. The number of methoxy groups -OCH3 is 1. The molecule has 0 unspecified atom stereocenters. The normalized spacial score (nSPS) is 10.7. The topological polar surface area (TPSA) is 66.0 Å². The van der Waals surface area contributed by atoms with E-state index < -0.39 is 5.82 Å². The van der Waals surface area contributed by atoms with Gasteiger partial charge in [-0.3, -0.25) is 0 Å². The standard InChI is InChI=1S/C15H12ClFN4O/c1-22-11-5-2-9(3-6-11)14-15(18)21(20-19-14)13-7-4-10(17)8-12(13)16/h2-8H,18H2,1H3. The number of rotatable bonds is 3. The summed E-state index contributed by atoms with van der Waals surface area (Å²) >= 11 is 6.03. The van der Waals surface area contributed by atoms with Crippen LogP contribution in [-0.4, -0.2) is 22.1 Å². The molecule has 0 saturated carbocycles. The number of halogens is 2. The van der Waals surface area contributed by atoms with E-state index in [0.717, 1.165) is 11.3 Å². The van der Waals surface area contributed by atoms with Gasteiger partial charge in [0.05, 0.1) is 17.8 Å². The van der Waals surface area contributed by atoms with E-state index in [1.807, 2.05) is 12.1 Å². The molecule has 0 fully saturated rings. The Balaban J connectivity index is 2.04. The molecule has 1 heterocycles. The maximum absolute atomic E-state index is 13.1. The first kappa shape index (κ1) is 14.3. The molecule has 1 aromatic heterocycles. The summed E-state index contributed by atoms with van der Waals surface area (Å²) in [6.45, 7) is 0. The van der Waals surface area contributed by atoms with Crippen LogP contribution in [0.4, 0.5) is 10.2 Å². The van der Waals surface area contributed by atoms with Crippen LogP contribution in [0.5, 0.6) is 5.75 Å². The summed E-state index contributed by atoms with van der Waals surface area (Å²) in [4.78, 5) is 0. The molecule has 3 aromatic rings. The Kier molecular flexibility index (Phi) is 3.68. The third kappa shape index (κ3) is 2.48. The fourth-order valence-electron chi connectivity index (χ4n) is 2.07. The zero-order valence-corrected chi connectivity index (χ0v) is 12.4. The van der Waals surface area contributed by atoms with Gasteiger partial charge in [0, 0.05) is 5.56 Å². The molecule has 3 rings (SSSR count). The minimum Gasteiger partial charge on any atom is -0.497 e. The first-order chi connectivity index (χ1) is 10.6. The average Bonchev–Trinajstić information content (AvgIpc) is 2.89. The summed E-state index contributed by atoms with van der Waals surface area (Å²) < 4.78 is 19.6. The smallest absolute Gasteiger partial charge is 0.155 e. The van der Waals surface area contributed by atoms with Gasteiger partial charge in [-0.25, -0.2) is 4.39 Å². The number of ether oxygens (including phenoxy) is 1. The lowest BCUT2D eigenvalue weighted by Crippen LogP contribution is -2.03. The molecule has 2 N–H and O–H groups in total. The van der Waals surface area contributed by atoms with Gasteiger partial charge in [0.15, 0.2) is 5.82 Å². The third-order valence-electron chi connectivity index (χ3n) is 3.21. The van der Waals surface area contributed by atoms with Crippen molar-refractivity contribution in [3.63, 3.8) is 0 Å². The van der Waals surface area contributed by atoms with Crippen LogP contribution < -0.4 is 10.5 Å². The van der Waals surface area contributed by atoms with Gasteiger partial charge >= 0.3 is 0 Å². The summed E-state index contributed by atoms with van der Waals surface area (Å²) in [5, 5.41) is 8.28. The lowest BCUT2D eigenvalue weighted by molar-refractivity contribution is 0.415. The molecule has 2 aromatic carbocycles. The molecule has 112 valence electrons. The highest BCUT2D eigenvalue weighted by Crippen LogP contribution is 2.29. The van der Waals surface area contributed by atoms with Crippen LogP contribution in [0.3, 0.4) is 0 Å². The number of nitrogens with two attached hydrogens (primary N) is 1. The molecule has 0 saturated heterocycles. The quantitative estimate of drug-likeness (QED) is 0.804. The second-order valence-electron chi connectivity index (χ2n) is 4.56. The van der Waals surface area contributed by atoms with Crippen molar-refractivity contribution in [3.05, 3.63) is 53.3 Å². The van der Waals surface area contributed by atoms with E-state index in [1.54, 1.807) is 19.2 Å². The summed E-state index contributed by atoms with van der Waals surface area (Å²) in [7, 11) is 1.59. The molecule has 0 bridgehead atoms. The van der Waals surface area contributed by atoms with Gasteiger partial charge in [0.25, 0.3) is 0 Å². The summed E-state index contributed by atoms with van der Waals surface area (Å²) in [5.74, 6) is 0.623. The van der Waals surface area contributed by atoms with Gasteiger partial charge in [-0.1, -0.05) is 16.8 Å². The van der Waals surface area contributed by atoms with Crippen molar-refractivity contribution in [2.45, 2.75) is 0 Å². The minimum atomic E-state index is -0.428. The van der Waals surface area contributed by atoms with Crippen molar-refractivity contribution < 1.29 is 9.13 Å².